The molecule has 0 saturated heterocycles. The molecule has 14 atom stereocenters. The highest BCUT2D eigenvalue weighted by atomic mass is 16.3. The summed E-state index contributed by atoms with van der Waals surface area (Å²) in [7, 11) is 0. The molecule has 0 saturated carbocycles. The number of aliphatic hydroxyl groups is 1. The third kappa shape index (κ3) is 32.3. The monoisotopic (exact) mass is 1810 g/mol. The van der Waals surface area contributed by atoms with Crippen molar-refractivity contribution in [2.45, 2.75) is 254 Å². The molecule has 0 fully saturated rings. The van der Waals surface area contributed by atoms with Crippen molar-refractivity contribution in [3.05, 3.63) is 144 Å². The van der Waals surface area contributed by atoms with Gasteiger partial charge in [-0.1, -0.05) is 182 Å². The fourth-order valence-corrected chi connectivity index (χ4v) is 15.2. The number of fused-ring (bicyclic) bond motifs is 3. The second kappa shape index (κ2) is 50.8. The molecule has 1 unspecified atom stereocenters. The zero-order valence-electron chi connectivity index (χ0n) is 78.0. The number of aliphatic hydroxyl groups excluding tert-OH is 1. The molecule has 36 heteroatoms. The molecule has 3 heterocycles. The van der Waals surface area contributed by atoms with E-state index in [1.807, 2.05) is 108 Å². The van der Waals surface area contributed by atoms with E-state index in [9.17, 15) is 53.1 Å². The van der Waals surface area contributed by atoms with Crippen LogP contribution in [0.5, 0.6) is 0 Å². The number of aromatic amines is 3. The van der Waals surface area contributed by atoms with Crippen molar-refractivity contribution < 1.29 is 81.8 Å². The minimum absolute atomic E-state index is 0.000212. The topological polar surface area (TPSA) is 533 Å². The number of rotatable bonds is 52. The highest BCUT2D eigenvalue weighted by Gasteiger charge is 2.40. The lowest BCUT2D eigenvalue weighted by Gasteiger charge is -2.31. The van der Waals surface area contributed by atoms with Crippen LogP contribution in [0.2, 0.25) is 0 Å². The van der Waals surface area contributed by atoms with Crippen molar-refractivity contribution >= 4 is 128 Å². The maximum Gasteiger partial charge on any atom is 0.243 e. The van der Waals surface area contributed by atoms with Crippen LogP contribution in [0.25, 0.3) is 32.7 Å². The van der Waals surface area contributed by atoms with Gasteiger partial charge in [-0.2, -0.15) is 0 Å². The summed E-state index contributed by atoms with van der Waals surface area (Å²) in [6, 6.07) is 12.8. The molecule has 7 rings (SSSR count). The molecule has 0 aliphatic carbocycles. The molecule has 20 N–H and O–H groups in total. The van der Waals surface area contributed by atoms with E-state index in [2.05, 4.69) is 100 Å². The maximum absolute atomic E-state index is 15.4. The summed E-state index contributed by atoms with van der Waals surface area (Å²) in [4.78, 5) is 236. The van der Waals surface area contributed by atoms with Gasteiger partial charge in [0.1, 0.15) is 84.6 Å². The number of nitrogens with one attached hydrogen (secondary N) is 19. The zero-order valence-corrected chi connectivity index (χ0v) is 78.0. The van der Waals surface area contributed by atoms with E-state index in [0.717, 1.165) is 27.4 Å². The van der Waals surface area contributed by atoms with Gasteiger partial charge in [0.2, 0.25) is 95.0 Å². The first kappa shape index (κ1) is 105. The average Bonchev–Trinajstić information content (AvgIpc) is 1.73. The van der Waals surface area contributed by atoms with Crippen molar-refractivity contribution in [3.63, 3.8) is 0 Å². The van der Waals surface area contributed by atoms with E-state index in [-0.39, 0.29) is 88.2 Å². The molecule has 0 bridgehead atoms. The number of aromatic nitrogens is 3. The predicted molar refractivity (Wildman–Crippen MR) is 497 cm³/mol. The van der Waals surface area contributed by atoms with Crippen LogP contribution < -0.4 is 85.1 Å². The third-order valence-electron chi connectivity index (χ3n) is 22.3. The smallest absolute Gasteiger partial charge is 0.243 e. The Labute approximate surface area is 764 Å². The van der Waals surface area contributed by atoms with Crippen LogP contribution in [0.3, 0.4) is 0 Å². The molecular formula is C95H135N19O17. The van der Waals surface area contributed by atoms with Gasteiger partial charge < -0.3 is 105 Å². The molecule has 3 aromatic heterocycles. The highest BCUT2D eigenvalue weighted by molar-refractivity contribution is 6.02. The fraction of sp³-hybridized carbons (Fsp3) is 0.516. The number of benzene rings is 4. The molecule has 0 radical (unpaired) electrons. The van der Waals surface area contributed by atoms with E-state index in [0.29, 0.717) is 34.0 Å². The van der Waals surface area contributed by atoms with Crippen molar-refractivity contribution in [3.8, 4) is 0 Å². The minimum atomic E-state index is -1.46. The van der Waals surface area contributed by atoms with E-state index < -0.39 is 197 Å². The number of carbonyl (C=O) groups excluding carboxylic acids is 16. The van der Waals surface area contributed by atoms with Gasteiger partial charge in [-0.25, -0.2) is 0 Å². The Morgan fingerprint density at radius 1 is 0.298 bits per heavy atom. The first-order valence-corrected chi connectivity index (χ1v) is 45.0. The Morgan fingerprint density at radius 3 is 0.947 bits per heavy atom. The van der Waals surface area contributed by atoms with Gasteiger partial charge in [0.05, 0.1) is 13.2 Å². The van der Waals surface area contributed by atoms with E-state index in [4.69, 9.17) is 0 Å². The number of amides is 16. The SMILES string of the molecule is CC(C)C[C@@H](NC(=O)[C@H](C)NC(=O)CNC(=O)C(C)NC=O)C(=O)N[C@@H](C)C(=O)N[C@@H](C(=O)N[C@H](C(=O)N[C@@H](C(=O)N[C@@H](Cc1c[nH]c2ccccc12)C(=O)N[C@H](CC(C)C)C(=O)N[C@@H](Cc1ccccc1)C(=O)N[C@H](CC(C)C)C(=O)N[C@@H](Cc1c[nH]c2ccccc12)C(=O)N[C@H](CC(C)C)C(=O)N[C@@H](Cc1c[nH]c2ccccc12)C(=O)NCCO)C(C)C)C(C)C)C(C)C. The highest BCUT2D eigenvalue weighted by Crippen LogP contribution is 2.25. The number of carbonyl (C=O) groups is 16. The number of hydrogen-bond acceptors (Lipinski definition) is 17. The summed E-state index contributed by atoms with van der Waals surface area (Å²) < 4.78 is 0. The van der Waals surface area contributed by atoms with Crippen LogP contribution in [0.1, 0.15) is 166 Å². The molecule has 0 aliphatic heterocycles. The molecule has 131 heavy (non-hydrogen) atoms. The van der Waals surface area contributed by atoms with Gasteiger partial charge in [-0.05, 0) is 128 Å². The van der Waals surface area contributed by atoms with E-state index in [1.54, 1.807) is 110 Å². The van der Waals surface area contributed by atoms with Gasteiger partial charge in [-0.15, -0.1) is 0 Å². The lowest BCUT2D eigenvalue weighted by atomic mass is 9.97. The summed E-state index contributed by atoms with van der Waals surface area (Å²) in [6.45, 7) is 27.7. The lowest BCUT2D eigenvalue weighted by molar-refractivity contribution is -0.137. The second-order valence-electron chi connectivity index (χ2n) is 36.3. The van der Waals surface area contributed by atoms with E-state index >= 15 is 28.8 Å². The molecular weight excluding hydrogens is 1680 g/mol. The Morgan fingerprint density at radius 2 is 0.588 bits per heavy atom. The van der Waals surface area contributed by atoms with Crippen LogP contribution in [-0.4, -0.2) is 219 Å². The second-order valence-corrected chi connectivity index (χ2v) is 36.3. The summed E-state index contributed by atoms with van der Waals surface area (Å²) in [5.41, 5.74) is 4.81. The molecule has 7 aromatic rings. The molecule has 0 spiro atoms. The standard InChI is InChI=1S/C95H135N19O17/c1-50(2)37-70(104-83(119)58(16)102-78(117)48-100-82(118)57(15)101-49-116)86(122)103-59(17)84(120)112-80(55(11)12)94(130)114-81(56(13)14)95(131)113-79(54(9)10)93(129)111-77(44-63-47-99-69-34-26-23-31-66(63)69)92(128)107-71(38-51(3)4)87(123)108-74(41-60-27-19-18-20-28-60)90(126)105-73(40-53(7)8)89(125)110-76(43-62-46-98-68-33-25-22-30-65(62)68)91(127)106-72(39-52(5)6)88(124)109-75(85(121)96-35-36-115)42-61-45-97-67-32-24-21-29-64(61)67/h18-34,45-47,49-59,70-77,79-81,97-99,115H,35-44,48H2,1-17H3,(H,96,121)(H,100,118)(H,101,116)(H,102,117)(H,103,122)(H,104,119)(H,105,126)(H,106,127)(H,107,128)(H,108,123)(H,109,124)(H,110,125)(H,111,129)(H,112,120)(H,113,131)(H,114,130)/t57?,58-,59-,70+,71+,72+,73+,74-,75-,76-,77-,79+,80+,81-/m0/s1. The van der Waals surface area contributed by atoms with Crippen LogP contribution >= 0.6 is 0 Å². The number of para-hydroxylation sites is 3. The van der Waals surface area contributed by atoms with Crippen LogP contribution in [-0.2, 0) is 102 Å². The molecule has 16 amide bonds. The number of hydrogen-bond donors (Lipinski definition) is 20. The Hall–Kier alpha value is -13.0. The van der Waals surface area contributed by atoms with Crippen molar-refractivity contribution in [1.82, 2.24) is 100 Å². The summed E-state index contributed by atoms with van der Waals surface area (Å²) >= 11 is 0. The van der Waals surface area contributed by atoms with Crippen molar-refractivity contribution in [1.29, 1.82) is 0 Å². The average molecular weight is 1820 g/mol. The first-order valence-electron chi connectivity index (χ1n) is 45.0. The Balaban J connectivity index is 1.09. The number of H-pyrrole nitrogens is 3. The Kier molecular flexibility index (Phi) is 40.7. The molecule has 0 aliphatic rings. The third-order valence-corrected chi connectivity index (χ3v) is 22.3. The summed E-state index contributed by atoms with van der Waals surface area (Å²) in [5.74, 6) is -14.2. The zero-order chi connectivity index (χ0) is 96.6. The van der Waals surface area contributed by atoms with Crippen LogP contribution in [0.15, 0.2) is 122 Å². The van der Waals surface area contributed by atoms with Gasteiger partial charge in [0, 0.05) is 83.5 Å². The van der Waals surface area contributed by atoms with Crippen LogP contribution in [0.4, 0.5) is 0 Å². The lowest BCUT2D eigenvalue weighted by Crippen LogP contribution is -2.62. The van der Waals surface area contributed by atoms with Crippen molar-refractivity contribution in [2.75, 3.05) is 19.7 Å². The van der Waals surface area contributed by atoms with Gasteiger partial charge in [0.25, 0.3) is 0 Å². The van der Waals surface area contributed by atoms with Crippen molar-refractivity contribution in [2.24, 2.45) is 41.4 Å². The van der Waals surface area contributed by atoms with Gasteiger partial charge >= 0.3 is 0 Å². The quantitative estimate of drug-likeness (QED) is 0.0243. The molecule has 36 nitrogen and oxygen atoms in total. The molecule has 712 valence electrons. The first-order chi connectivity index (χ1) is 62.1. The van der Waals surface area contributed by atoms with Gasteiger partial charge in [0.15, 0.2) is 0 Å². The summed E-state index contributed by atoms with van der Waals surface area (Å²) in [6.07, 6.45) is 5.36. The summed E-state index contributed by atoms with van der Waals surface area (Å²) in [5, 5.41) is 55.3. The minimum Gasteiger partial charge on any atom is -0.395 e. The fourth-order valence-electron chi connectivity index (χ4n) is 15.2. The van der Waals surface area contributed by atoms with E-state index in [1.165, 1.54) is 20.8 Å². The normalized spacial score (nSPS) is 14.8. The van der Waals surface area contributed by atoms with Gasteiger partial charge in [-0.3, -0.25) is 76.7 Å². The van der Waals surface area contributed by atoms with Crippen LogP contribution in [0, 0.1) is 41.4 Å². The predicted octanol–water partition coefficient (Wildman–Crippen LogP) is 3.25. The molecule has 4 aromatic carbocycles. The maximum atomic E-state index is 15.4. The largest absolute Gasteiger partial charge is 0.395 e. The Bertz CT molecular complexity index is 5080.